The number of benzene rings is 1. The normalized spacial score (nSPS) is 10.5. The Balaban J connectivity index is 2.87. The minimum Gasteiger partial charge on any atom is -0.267 e. The van der Waals surface area contributed by atoms with E-state index in [1.165, 1.54) is 4.68 Å². The first-order valence-electron chi connectivity index (χ1n) is 4.28. The summed E-state index contributed by atoms with van der Waals surface area (Å²) in [4.78, 5) is 11.7. The van der Waals surface area contributed by atoms with Crippen LogP contribution in [0.3, 0.4) is 0 Å². The molecule has 1 heterocycles. The second-order valence-electron chi connectivity index (χ2n) is 2.85. The lowest BCUT2D eigenvalue weighted by molar-refractivity contribution is 0.623. The summed E-state index contributed by atoms with van der Waals surface area (Å²) in [5.41, 5.74) is -0.0133. The summed E-state index contributed by atoms with van der Waals surface area (Å²) >= 11 is 0. The van der Waals surface area contributed by atoms with Crippen molar-refractivity contribution in [2.45, 2.75) is 13.5 Å². The van der Waals surface area contributed by atoms with Crippen molar-refractivity contribution in [1.29, 1.82) is 0 Å². The summed E-state index contributed by atoms with van der Waals surface area (Å²) in [5.74, 6) is 0. The van der Waals surface area contributed by atoms with Gasteiger partial charge >= 0.3 is 0 Å². The Kier molecular flexibility index (Phi) is 1.85. The van der Waals surface area contributed by atoms with Gasteiger partial charge < -0.3 is 0 Å². The zero-order valence-electron chi connectivity index (χ0n) is 7.40. The lowest BCUT2D eigenvalue weighted by Crippen LogP contribution is -2.21. The summed E-state index contributed by atoms with van der Waals surface area (Å²) in [6.07, 6.45) is 1.72. The minimum atomic E-state index is -0.0133. The molecule has 2 rings (SSSR count). The summed E-state index contributed by atoms with van der Waals surface area (Å²) in [6.45, 7) is 2.52. The average molecular weight is 174 g/mol. The molecule has 0 saturated heterocycles. The highest BCUT2D eigenvalue weighted by Gasteiger charge is 1.99. The first kappa shape index (κ1) is 7.98. The van der Waals surface area contributed by atoms with Crippen LogP contribution in [0.5, 0.6) is 0 Å². The monoisotopic (exact) mass is 174 g/mol. The lowest BCUT2D eigenvalue weighted by atomic mass is 10.2. The molecular formula is C10H10N2O. The lowest BCUT2D eigenvalue weighted by Gasteiger charge is -2.01. The van der Waals surface area contributed by atoms with Gasteiger partial charge in [0.2, 0.25) is 0 Å². The average Bonchev–Trinajstić information content (AvgIpc) is 2.19. The van der Waals surface area contributed by atoms with Gasteiger partial charge in [-0.2, -0.15) is 5.10 Å². The Labute approximate surface area is 75.6 Å². The maximum Gasteiger partial charge on any atom is 0.274 e. The van der Waals surface area contributed by atoms with E-state index in [2.05, 4.69) is 5.10 Å². The highest BCUT2D eigenvalue weighted by molar-refractivity contribution is 5.80. The Hall–Kier alpha value is -1.64. The Morgan fingerprint density at radius 3 is 2.92 bits per heavy atom. The van der Waals surface area contributed by atoms with E-state index >= 15 is 0 Å². The first-order chi connectivity index (χ1) is 6.33. The Bertz CT molecular complexity index is 487. The summed E-state index contributed by atoms with van der Waals surface area (Å²) in [7, 11) is 0. The molecule has 13 heavy (non-hydrogen) atoms. The molecular weight excluding hydrogens is 164 g/mol. The van der Waals surface area contributed by atoms with Crippen LogP contribution < -0.4 is 5.56 Å². The number of nitrogens with zero attached hydrogens (tertiary/aromatic N) is 2. The molecule has 0 aliphatic heterocycles. The van der Waals surface area contributed by atoms with Gasteiger partial charge in [0.25, 0.3) is 5.56 Å². The fraction of sp³-hybridized carbons (Fsp3) is 0.200. The van der Waals surface area contributed by atoms with Gasteiger partial charge in [-0.1, -0.05) is 18.2 Å². The molecule has 0 amide bonds. The molecule has 0 aliphatic rings. The predicted octanol–water partition coefficient (Wildman–Crippen LogP) is 1.42. The minimum absolute atomic E-state index is 0.0133. The quantitative estimate of drug-likeness (QED) is 0.655. The summed E-state index contributed by atoms with van der Waals surface area (Å²) in [5, 5.41) is 5.66. The molecule has 0 spiro atoms. The number of aromatic nitrogens is 2. The number of hydrogen-bond acceptors (Lipinski definition) is 2. The molecule has 0 fully saturated rings. The summed E-state index contributed by atoms with van der Waals surface area (Å²) < 4.78 is 1.46. The van der Waals surface area contributed by atoms with Gasteiger partial charge in [-0.3, -0.25) is 4.79 Å². The number of rotatable bonds is 1. The van der Waals surface area contributed by atoms with Gasteiger partial charge in [0.05, 0.1) is 11.6 Å². The molecule has 0 bridgehead atoms. The van der Waals surface area contributed by atoms with Crippen LogP contribution in [0.1, 0.15) is 6.92 Å². The fourth-order valence-electron chi connectivity index (χ4n) is 1.35. The van der Waals surface area contributed by atoms with Gasteiger partial charge in [-0.15, -0.1) is 0 Å². The largest absolute Gasteiger partial charge is 0.274 e. The van der Waals surface area contributed by atoms with Crippen molar-refractivity contribution in [1.82, 2.24) is 9.78 Å². The molecule has 0 N–H and O–H groups in total. The SMILES string of the molecule is CCn1ncc2ccccc2c1=O. The van der Waals surface area contributed by atoms with Crippen molar-refractivity contribution in [2.24, 2.45) is 0 Å². The van der Waals surface area contributed by atoms with Gasteiger partial charge in [0, 0.05) is 11.9 Å². The molecule has 0 atom stereocenters. The number of aryl methyl sites for hydroxylation is 1. The van der Waals surface area contributed by atoms with Gasteiger partial charge in [-0.25, -0.2) is 4.68 Å². The zero-order valence-corrected chi connectivity index (χ0v) is 7.40. The molecule has 66 valence electrons. The third-order valence-corrected chi connectivity index (χ3v) is 2.06. The Morgan fingerprint density at radius 1 is 1.38 bits per heavy atom. The molecule has 0 aliphatic carbocycles. The van der Waals surface area contributed by atoms with E-state index in [1.807, 2.05) is 31.2 Å². The van der Waals surface area contributed by atoms with E-state index < -0.39 is 0 Å². The fourth-order valence-corrected chi connectivity index (χ4v) is 1.35. The standard InChI is InChI=1S/C10H10N2O/c1-2-12-10(13)9-6-4-3-5-8(9)7-11-12/h3-7H,2H2,1H3. The molecule has 0 saturated carbocycles. The van der Waals surface area contributed by atoms with Crippen LogP contribution in [0.4, 0.5) is 0 Å². The van der Waals surface area contributed by atoms with Crippen LogP contribution in [0, 0.1) is 0 Å². The van der Waals surface area contributed by atoms with Crippen molar-refractivity contribution in [2.75, 3.05) is 0 Å². The number of hydrogen-bond donors (Lipinski definition) is 0. The molecule has 0 unspecified atom stereocenters. The van der Waals surface area contributed by atoms with Crippen molar-refractivity contribution in [3.8, 4) is 0 Å². The molecule has 1 aromatic heterocycles. The van der Waals surface area contributed by atoms with Crippen molar-refractivity contribution < 1.29 is 0 Å². The predicted molar refractivity (Wildman–Crippen MR) is 51.7 cm³/mol. The van der Waals surface area contributed by atoms with Gasteiger partial charge in [0.15, 0.2) is 0 Å². The van der Waals surface area contributed by atoms with Crippen LogP contribution in [0.2, 0.25) is 0 Å². The van der Waals surface area contributed by atoms with Crippen LogP contribution in [-0.4, -0.2) is 9.78 Å². The van der Waals surface area contributed by atoms with Crippen molar-refractivity contribution in [3.63, 3.8) is 0 Å². The maximum absolute atomic E-state index is 11.7. The molecule has 3 nitrogen and oxygen atoms in total. The third-order valence-electron chi connectivity index (χ3n) is 2.06. The Morgan fingerprint density at radius 2 is 2.15 bits per heavy atom. The molecule has 1 aromatic carbocycles. The molecule has 0 radical (unpaired) electrons. The van der Waals surface area contributed by atoms with E-state index in [0.29, 0.717) is 6.54 Å². The molecule has 3 heteroatoms. The highest BCUT2D eigenvalue weighted by atomic mass is 16.1. The smallest absolute Gasteiger partial charge is 0.267 e. The van der Waals surface area contributed by atoms with Crippen LogP contribution in [0.15, 0.2) is 35.3 Å². The third kappa shape index (κ3) is 1.22. The van der Waals surface area contributed by atoms with Crippen LogP contribution in [0.25, 0.3) is 10.8 Å². The van der Waals surface area contributed by atoms with Crippen LogP contribution >= 0.6 is 0 Å². The maximum atomic E-state index is 11.7. The van der Waals surface area contributed by atoms with Gasteiger partial charge in [0.1, 0.15) is 0 Å². The highest BCUT2D eigenvalue weighted by Crippen LogP contribution is 2.05. The van der Waals surface area contributed by atoms with E-state index in [9.17, 15) is 4.79 Å². The van der Waals surface area contributed by atoms with Crippen molar-refractivity contribution >= 4 is 10.8 Å². The molecule has 2 aromatic rings. The van der Waals surface area contributed by atoms with E-state index in [-0.39, 0.29) is 5.56 Å². The van der Waals surface area contributed by atoms with Gasteiger partial charge in [-0.05, 0) is 13.0 Å². The zero-order chi connectivity index (χ0) is 9.26. The second-order valence-corrected chi connectivity index (χ2v) is 2.85. The topological polar surface area (TPSA) is 34.9 Å². The second kappa shape index (κ2) is 3.01. The summed E-state index contributed by atoms with van der Waals surface area (Å²) in [6, 6.07) is 7.48. The van der Waals surface area contributed by atoms with Crippen LogP contribution in [-0.2, 0) is 6.54 Å². The van der Waals surface area contributed by atoms with E-state index in [4.69, 9.17) is 0 Å². The van der Waals surface area contributed by atoms with E-state index in [1.54, 1.807) is 6.20 Å². The number of fused-ring (bicyclic) bond motifs is 1. The first-order valence-corrected chi connectivity index (χ1v) is 4.28. The van der Waals surface area contributed by atoms with E-state index in [0.717, 1.165) is 10.8 Å². The van der Waals surface area contributed by atoms with Crippen molar-refractivity contribution in [3.05, 3.63) is 40.8 Å².